The molecule has 1 atom stereocenters. The van der Waals surface area contributed by atoms with Crippen molar-refractivity contribution in [3.05, 3.63) is 0 Å². The van der Waals surface area contributed by atoms with Crippen molar-refractivity contribution in [1.29, 1.82) is 0 Å². The summed E-state index contributed by atoms with van der Waals surface area (Å²) in [6.45, 7) is 3.98. The number of amides is 1. The van der Waals surface area contributed by atoms with Gasteiger partial charge in [0.15, 0.2) is 0 Å². The number of hydrogen-bond donors (Lipinski definition) is 1. The van der Waals surface area contributed by atoms with Gasteiger partial charge < -0.3 is 10.5 Å². The predicted molar refractivity (Wildman–Crippen MR) is 39.2 cm³/mol. The molecule has 54 valence electrons. The lowest BCUT2D eigenvalue weighted by molar-refractivity contribution is 0.148. The molecule has 0 spiro atoms. The van der Waals surface area contributed by atoms with Crippen LogP contribution in [0.4, 0.5) is 4.79 Å². The molecule has 0 aromatic rings. The summed E-state index contributed by atoms with van der Waals surface area (Å²) in [7, 11) is -0.220. The monoisotopic (exact) mass is 147 g/mol. The van der Waals surface area contributed by atoms with E-state index in [1.807, 2.05) is 6.92 Å². The van der Waals surface area contributed by atoms with Crippen molar-refractivity contribution in [3.8, 4) is 0 Å². The summed E-state index contributed by atoms with van der Waals surface area (Å²) in [6, 6.07) is 1.15. The van der Waals surface area contributed by atoms with Crippen LogP contribution in [0.25, 0.3) is 0 Å². The van der Waals surface area contributed by atoms with Crippen molar-refractivity contribution in [3.63, 3.8) is 0 Å². The summed E-state index contributed by atoms with van der Waals surface area (Å²) in [5, 5.41) is 0. The summed E-state index contributed by atoms with van der Waals surface area (Å²) in [6.07, 6.45) is -0.650. The first-order valence-corrected chi connectivity index (χ1v) is 4.94. The Balaban J connectivity index is 3.26. The summed E-state index contributed by atoms with van der Waals surface area (Å²) < 4.78 is 4.69. The second-order valence-corrected chi connectivity index (χ2v) is 4.76. The molecule has 0 heterocycles. The fourth-order valence-electron chi connectivity index (χ4n) is 0.664. The van der Waals surface area contributed by atoms with Crippen LogP contribution >= 0.6 is 0 Å². The van der Waals surface area contributed by atoms with Gasteiger partial charge in [-0.25, -0.2) is 4.79 Å². The van der Waals surface area contributed by atoms with Crippen molar-refractivity contribution in [1.82, 2.24) is 0 Å². The highest BCUT2D eigenvalue weighted by Gasteiger charge is 2.02. The highest BCUT2D eigenvalue weighted by Crippen LogP contribution is 1.89. The molecular weight excluding hydrogens is 134 g/mol. The summed E-state index contributed by atoms with van der Waals surface area (Å²) in [5.74, 6) is 0. The zero-order chi connectivity index (χ0) is 7.28. The van der Waals surface area contributed by atoms with Gasteiger partial charge in [-0.2, -0.15) is 0 Å². The molecule has 4 heteroatoms. The van der Waals surface area contributed by atoms with E-state index in [1.165, 1.54) is 0 Å². The SMILES string of the molecule is CC[SiH2]C(C)OC(N)=O. The maximum Gasteiger partial charge on any atom is 0.404 e. The first-order chi connectivity index (χ1) is 4.16. The van der Waals surface area contributed by atoms with Gasteiger partial charge in [-0.05, 0) is 6.92 Å². The van der Waals surface area contributed by atoms with Gasteiger partial charge in [-0.3, -0.25) is 0 Å². The Kier molecular flexibility index (Phi) is 4.12. The average molecular weight is 147 g/mol. The fraction of sp³-hybridized carbons (Fsp3) is 0.800. The second-order valence-electron chi connectivity index (χ2n) is 2.04. The van der Waals surface area contributed by atoms with Crippen LogP contribution in [-0.2, 0) is 4.74 Å². The maximum absolute atomic E-state index is 10.1. The first-order valence-electron chi connectivity index (χ1n) is 3.13. The van der Waals surface area contributed by atoms with E-state index in [2.05, 4.69) is 6.92 Å². The van der Waals surface area contributed by atoms with Crippen LogP contribution in [0.2, 0.25) is 6.04 Å². The topological polar surface area (TPSA) is 52.3 Å². The van der Waals surface area contributed by atoms with E-state index in [4.69, 9.17) is 10.5 Å². The molecule has 0 bridgehead atoms. The summed E-state index contributed by atoms with van der Waals surface area (Å²) in [5.41, 5.74) is 4.89. The minimum absolute atomic E-state index is 0.104. The van der Waals surface area contributed by atoms with Crippen molar-refractivity contribution < 1.29 is 9.53 Å². The molecular formula is C5H13NO2Si. The lowest BCUT2D eigenvalue weighted by Crippen LogP contribution is -2.24. The average Bonchev–Trinajstić information content (AvgIpc) is 1.63. The van der Waals surface area contributed by atoms with Crippen LogP contribution in [0.15, 0.2) is 0 Å². The minimum atomic E-state index is -0.650. The van der Waals surface area contributed by atoms with Crippen LogP contribution in [0, 0.1) is 0 Å². The number of nitrogens with two attached hydrogens (primary N) is 1. The lowest BCUT2D eigenvalue weighted by atomic mass is 10.8. The Bertz CT molecular complexity index is 97.0. The number of hydrogen-bond acceptors (Lipinski definition) is 2. The molecule has 9 heavy (non-hydrogen) atoms. The molecule has 0 saturated carbocycles. The van der Waals surface area contributed by atoms with Gasteiger partial charge in [0.25, 0.3) is 0 Å². The van der Waals surface area contributed by atoms with Crippen molar-refractivity contribution in [2.75, 3.05) is 0 Å². The number of primary amides is 1. The van der Waals surface area contributed by atoms with Crippen LogP contribution in [0.1, 0.15) is 13.8 Å². The quantitative estimate of drug-likeness (QED) is 0.573. The first kappa shape index (κ1) is 8.49. The molecule has 0 aliphatic carbocycles. The Morgan fingerprint density at radius 3 is 2.78 bits per heavy atom. The third kappa shape index (κ3) is 5.36. The van der Waals surface area contributed by atoms with Crippen LogP contribution < -0.4 is 5.73 Å². The molecule has 0 rings (SSSR count). The number of ether oxygens (including phenoxy) is 1. The van der Waals surface area contributed by atoms with Crippen molar-refractivity contribution in [2.45, 2.75) is 25.6 Å². The van der Waals surface area contributed by atoms with E-state index in [9.17, 15) is 4.79 Å². The Labute approximate surface area is 57.4 Å². The number of carbonyl (C=O) groups excluding carboxylic acids is 1. The normalized spacial score (nSPS) is 14.0. The van der Waals surface area contributed by atoms with Gasteiger partial charge in [0.1, 0.15) is 0 Å². The predicted octanol–water partition coefficient (Wildman–Crippen LogP) is 0.0347. The second kappa shape index (κ2) is 4.37. The maximum atomic E-state index is 10.1. The van der Waals surface area contributed by atoms with Gasteiger partial charge in [-0.15, -0.1) is 0 Å². The summed E-state index contributed by atoms with van der Waals surface area (Å²) >= 11 is 0. The minimum Gasteiger partial charge on any atom is -0.451 e. The Morgan fingerprint density at radius 2 is 2.44 bits per heavy atom. The zero-order valence-electron chi connectivity index (χ0n) is 5.89. The molecule has 0 fully saturated rings. The van der Waals surface area contributed by atoms with Gasteiger partial charge >= 0.3 is 6.09 Å². The van der Waals surface area contributed by atoms with Crippen LogP contribution in [-0.4, -0.2) is 21.3 Å². The molecule has 1 unspecified atom stereocenters. The molecule has 3 nitrogen and oxygen atoms in total. The van der Waals surface area contributed by atoms with E-state index >= 15 is 0 Å². The molecule has 0 radical (unpaired) electrons. The molecule has 0 aliphatic rings. The van der Waals surface area contributed by atoms with E-state index < -0.39 is 6.09 Å². The molecule has 0 aromatic heterocycles. The Morgan fingerprint density at radius 1 is 1.89 bits per heavy atom. The highest BCUT2D eigenvalue weighted by molar-refractivity contribution is 6.37. The third-order valence-electron chi connectivity index (χ3n) is 1.01. The van der Waals surface area contributed by atoms with Gasteiger partial charge in [0.05, 0.1) is 15.2 Å². The van der Waals surface area contributed by atoms with E-state index in [0.717, 1.165) is 6.04 Å². The molecule has 0 aliphatic heterocycles. The zero-order valence-corrected chi connectivity index (χ0v) is 7.30. The Hall–Kier alpha value is -0.513. The van der Waals surface area contributed by atoms with Crippen molar-refractivity contribution >= 4 is 15.6 Å². The van der Waals surface area contributed by atoms with Crippen LogP contribution in [0.3, 0.4) is 0 Å². The molecule has 0 aromatic carbocycles. The molecule has 2 N–H and O–H groups in total. The van der Waals surface area contributed by atoms with Gasteiger partial charge in [0, 0.05) is 0 Å². The standard InChI is InChI=1S/C5H13NO2Si/c1-3-9-4(2)8-5(6)7/h4H,3,9H2,1-2H3,(H2,6,7). The van der Waals surface area contributed by atoms with E-state index in [0.29, 0.717) is 0 Å². The summed E-state index contributed by atoms with van der Waals surface area (Å²) in [4.78, 5) is 10.1. The largest absolute Gasteiger partial charge is 0.451 e. The smallest absolute Gasteiger partial charge is 0.404 e. The molecule has 0 saturated heterocycles. The number of carbonyl (C=O) groups is 1. The number of rotatable bonds is 3. The highest BCUT2D eigenvalue weighted by atomic mass is 28.2. The molecule has 1 amide bonds. The van der Waals surface area contributed by atoms with E-state index in [1.54, 1.807) is 0 Å². The fourth-order valence-corrected chi connectivity index (χ4v) is 1.76. The van der Waals surface area contributed by atoms with Gasteiger partial charge in [-0.1, -0.05) is 13.0 Å². The van der Waals surface area contributed by atoms with Crippen molar-refractivity contribution in [2.24, 2.45) is 5.73 Å². The third-order valence-corrected chi connectivity index (χ3v) is 2.57. The van der Waals surface area contributed by atoms with E-state index in [-0.39, 0.29) is 15.2 Å². The van der Waals surface area contributed by atoms with Gasteiger partial charge in [0.2, 0.25) is 0 Å². The lowest BCUT2D eigenvalue weighted by Gasteiger charge is -2.07. The van der Waals surface area contributed by atoms with Crippen LogP contribution in [0.5, 0.6) is 0 Å².